The molecule has 0 atom stereocenters. The second kappa shape index (κ2) is 3.65. The molecule has 2 rings (SSSR count). The van der Waals surface area contributed by atoms with Crippen LogP contribution in [0.15, 0.2) is 35.1 Å². The summed E-state index contributed by atoms with van der Waals surface area (Å²) in [5.74, 6) is -0.320. The largest absolute Gasteiger partial charge is 0.268 e. The SMILES string of the molecule is Cc1cc(=O)[nH]nc1-c1cccc(F)c1. The van der Waals surface area contributed by atoms with Gasteiger partial charge >= 0.3 is 0 Å². The van der Waals surface area contributed by atoms with Crippen molar-refractivity contribution in [1.82, 2.24) is 10.2 Å². The Morgan fingerprint density at radius 2 is 2.13 bits per heavy atom. The summed E-state index contributed by atoms with van der Waals surface area (Å²) in [4.78, 5) is 10.9. The van der Waals surface area contributed by atoms with Gasteiger partial charge in [0.2, 0.25) is 0 Å². The summed E-state index contributed by atoms with van der Waals surface area (Å²) in [7, 11) is 0. The van der Waals surface area contributed by atoms with Crippen molar-refractivity contribution in [3.63, 3.8) is 0 Å². The molecule has 76 valence electrons. The normalized spacial score (nSPS) is 10.3. The highest BCUT2D eigenvalue weighted by molar-refractivity contribution is 5.61. The van der Waals surface area contributed by atoms with Gasteiger partial charge in [0.25, 0.3) is 5.56 Å². The average Bonchev–Trinajstić information content (AvgIpc) is 2.17. The monoisotopic (exact) mass is 204 g/mol. The summed E-state index contributed by atoms with van der Waals surface area (Å²) < 4.78 is 13.0. The van der Waals surface area contributed by atoms with E-state index in [1.54, 1.807) is 19.1 Å². The zero-order valence-corrected chi connectivity index (χ0v) is 8.12. The fraction of sp³-hybridized carbons (Fsp3) is 0.0909. The van der Waals surface area contributed by atoms with Crippen LogP contribution in [-0.4, -0.2) is 10.2 Å². The Labute approximate surface area is 85.6 Å². The van der Waals surface area contributed by atoms with E-state index < -0.39 is 0 Å². The third-order valence-corrected chi connectivity index (χ3v) is 2.10. The molecule has 0 unspecified atom stereocenters. The van der Waals surface area contributed by atoms with E-state index in [1.807, 2.05) is 0 Å². The van der Waals surface area contributed by atoms with E-state index >= 15 is 0 Å². The number of aromatic amines is 1. The van der Waals surface area contributed by atoms with Crippen molar-refractivity contribution in [3.8, 4) is 11.3 Å². The molecular weight excluding hydrogens is 195 g/mol. The van der Waals surface area contributed by atoms with Crippen LogP contribution in [0.2, 0.25) is 0 Å². The Bertz CT molecular complexity index is 548. The van der Waals surface area contributed by atoms with Gasteiger partial charge in [0.15, 0.2) is 0 Å². The van der Waals surface area contributed by atoms with Gasteiger partial charge in [-0.2, -0.15) is 5.10 Å². The van der Waals surface area contributed by atoms with Gasteiger partial charge < -0.3 is 0 Å². The lowest BCUT2D eigenvalue weighted by Crippen LogP contribution is -2.08. The molecule has 4 heteroatoms. The van der Waals surface area contributed by atoms with Gasteiger partial charge in [0, 0.05) is 11.6 Å². The number of H-pyrrole nitrogens is 1. The summed E-state index contributed by atoms with van der Waals surface area (Å²) in [6, 6.07) is 7.54. The van der Waals surface area contributed by atoms with E-state index in [4.69, 9.17) is 0 Å². The minimum atomic E-state index is -0.320. The average molecular weight is 204 g/mol. The predicted molar refractivity (Wildman–Crippen MR) is 55.0 cm³/mol. The van der Waals surface area contributed by atoms with Crippen LogP contribution in [0, 0.1) is 12.7 Å². The molecule has 0 fully saturated rings. The van der Waals surface area contributed by atoms with Crippen LogP contribution < -0.4 is 5.56 Å². The lowest BCUT2D eigenvalue weighted by molar-refractivity contribution is 0.628. The summed E-state index contributed by atoms with van der Waals surface area (Å²) >= 11 is 0. The van der Waals surface area contributed by atoms with E-state index in [0.717, 1.165) is 5.56 Å². The van der Waals surface area contributed by atoms with Crippen LogP contribution in [0.25, 0.3) is 11.3 Å². The van der Waals surface area contributed by atoms with Crippen molar-refractivity contribution in [2.24, 2.45) is 0 Å². The number of rotatable bonds is 1. The first-order chi connectivity index (χ1) is 7.16. The second-order valence-electron chi connectivity index (χ2n) is 3.27. The summed E-state index contributed by atoms with van der Waals surface area (Å²) in [5, 5.41) is 6.22. The predicted octanol–water partition coefficient (Wildman–Crippen LogP) is 1.88. The molecule has 0 aliphatic heterocycles. The molecule has 0 saturated carbocycles. The van der Waals surface area contributed by atoms with Gasteiger partial charge in [-0.25, -0.2) is 9.49 Å². The van der Waals surface area contributed by atoms with Crippen molar-refractivity contribution in [1.29, 1.82) is 0 Å². The summed E-state index contributed by atoms with van der Waals surface area (Å²) in [6.07, 6.45) is 0. The Balaban J connectivity index is 2.59. The second-order valence-corrected chi connectivity index (χ2v) is 3.27. The maximum atomic E-state index is 13.0. The molecule has 1 heterocycles. The van der Waals surface area contributed by atoms with Crippen molar-refractivity contribution in [3.05, 3.63) is 52.1 Å². The maximum Gasteiger partial charge on any atom is 0.264 e. The van der Waals surface area contributed by atoms with E-state index in [9.17, 15) is 9.18 Å². The standard InChI is InChI=1S/C11H9FN2O/c1-7-5-10(15)13-14-11(7)8-3-2-4-9(12)6-8/h2-6H,1H3,(H,13,15). The van der Waals surface area contributed by atoms with Gasteiger partial charge in [-0.15, -0.1) is 0 Å². The van der Waals surface area contributed by atoms with Crippen LogP contribution in [0.1, 0.15) is 5.56 Å². The van der Waals surface area contributed by atoms with Crippen LogP contribution in [0.3, 0.4) is 0 Å². The molecule has 1 aromatic heterocycles. The Kier molecular flexibility index (Phi) is 2.33. The minimum absolute atomic E-state index is 0.257. The number of nitrogens with zero attached hydrogens (tertiary/aromatic N) is 1. The first-order valence-electron chi connectivity index (χ1n) is 4.49. The molecule has 1 N–H and O–H groups in total. The lowest BCUT2D eigenvalue weighted by atomic mass is 10.1. The molecule has 3 nitrogen and oxygen atoms in total. The summed E-state index contributed by atoms with van der Waals surface area (Å²) in [6.45, 7) is 1.77. The van der Waals surface area contributed by atoms with Crippen LogP contribution in [-0.2, 0) is 0 Å². The highest BCUT2D eigenvalue weighted by atomic mass is 19.1. The number of halogens is 1. The molecule has 15 heavy (non-hydrogen) atoms. The third-order valence-electron chi connectivity index (χ3n) is 2.10. The van der Waals surface area contributed by atoms with Gasteiger partial charge in [-0.3, -0.25) is 4.79 Å². The molecule has 1 aromatic carbocycles. The van der Waals surface area contributed by atoms with Gasteiger partial charge in [0.1, 0.15) is 5.82 Å². The minimum Gasteiger partial charge on any atom is -0.268 e. The van der Waals surface area contributed by atoms with Crippen molar-refractivity contribution in [2.45, 2.75) is 6.92 Å². The molecule has 0 bridgehead atoms. The fourth-order valence-electron chi connectivity index (χ4n) is 1.42. The molecule has 0 aliphatic carbocycles. The number of benzene rings is 1. The summed E-state index contributed by atoms with van der Waals surface area (Å²) in [5.41, 5.74) is 1.72. The number of nitrogens with one attached hydrogen (secondary N) is 1. The molecule has 0 spiro atoms. The Morgan fingerprint density at radius 1 is 1.33 bits per heavy atom. The Hall–Kier alpha value is -1.97. The fourth-order valence-corrected chi connectivity index (χ4v) is 1.42. The number of aryl methyl sites for hydroxylation is 1. The molecule has 2 aromatic rings. The quantitative estimate of drug-likeness (QED) is 0.770. The van der Waals surface area contributed by atoms with Crippen LogP contribution in [0.5, 0.6) is 0 Å². The smallest absolute Gasteiger partial charge is 0.264 e. The maximum absolute atomic E-state index is 13.0. The highest BCUT2D eigenvalue weighted by Gasteiger charge is 2.04. The number of aromatic nitrogens is 2. The van der Waals surface area contributed by atoms with E-state index in [0.29, 0.717) is 11.3 Å². The molecule has 0 aliphatic rings. The van der Waals surface area contributed by atoms with Crippen LogP contribution >= 0.6 is 0 Å². The zero-order chi connectivity index (χ0) is 10.8. The number of hydrogen-bond acceptors (Lipinski definition) is 2. The van der Waals surface area contributed by atoms with E-state index in [2.05, 4.69) is 10.2 Å². The number of hydrogen-bond donors (Lipinski definition) is 1. The molecule has 0 amide bonds. The lowest BCUT2D eigenvalue weighted by Gasteiger charge is -2.02. The first-order valence-corrected chi connectivity index (χ1v) is 4.49. The molecular formula is C11H9FN2O. The van der Waals surface area contributed by atoms with Gasteiger partial charge in [-0.1, -0.05) is 12.1 Å². The van der Waals surface area contributed by atoms with Crippen molar-refractivity contribution >= 4 is 0 Å². The van der Waals surface area contributed by atoms with E-state index in [-0.39, 0.29) is 11.4 Å². The highest BCUT2D eigenvalue weighted by Crippen LogP contribution is 2.19. The first kappa shape index (κ1) is 9.58. The zero-order valence-electron chi connectivity index (χ0n) is 8.12. The molecule has 0 radical (unpaired) electrons. The Morgan fingerprint density at radius 3 is 2.80 bits per heavy atom. The molecule has 0 saturated heterocycles. The van der Waals surface area contributed by atoms with Crippen molar-refractivity contribution < 1.29 is 4.39 Å². The van der Waals surface area contributed by atoms with Gasteiger partial charge in [-0.05, 0) is 24.6 Å². The third kappa shape index (κ3) is 1.93. The van der Waals surface area contributed by atoms with Gasteiger partial charge in [0.05, 0.1) is 5.69 Å². The van der Waals surface area contributed by atoms with Crippen molar-refractivity contribution in [2.75, 3.05) is 0 Å². The van der Waals surface area contributed by atoms with E-state index in [1.165, 1.54) is 18.2 Å². The topological polar surface area (TPSA) is 45.8 Å². The van der Waals surface area contributed by atoms with Crippen LogP contribution in [0.4, 0.5) is 4.39 Å².